The van der Waals surface area contributed by atoms with E-state index < -0.39 is 28.0 Å². The highest BCUT2D eigenvalue weighted by Crippen LogP contribution is 2.28. The molecule has 18 heavy (non-hydrogen) atoms. The molecular weight excluding hydrogens is 244 g/mol. The summed E-state index contributed by atoms with van der Waals surface area (Å²) in [4.78, 5) is 46.7. The standard InChI is InChI=1S/C9H8N4O5/c10-8-4(12-6(14)1-2-7(12)15)3-5(13(17)18)9(16)11-8/h3H,1-2H2,(H3,10,11,16). The zero-order chi connectivity index (χ0) is 13.4. The number of nitro groups is 1. The number of aromatic nitrogens is 1. The van der Waals surface area contributed by atoms with E-state index in [4.69, 9.17) is 5.73 Å². The van der Waals surface area contributed by atoms with E-state index in [1.165, 1.54) is 0 Å². The molecule has 1 aromatic rings. The van der Waals surface area contributed by atoms with Crippen LogP contribution in [-0.4, -0.2) is 21.7 Å². The number of anilines is 2. The van der Waals surface area contributed by atoms with Crippen LogP contribution >= 0.6 is 0 Å². The molecule has 0 aromatic carbocycles. The van der Waals surface area contributed by atoms with Crippen LogP contribution in [-0.2, 0) is 9.59 Å². The Hall–Kier alpha value is -2.71. The molecule has 1 aliphatic rings. The van der Waals surface area contributed by atoms with Crippen molar-refractivity contribution in [1.29, 1.82) is 0 Å². The number of hydrogen-bond acceptors (Lipinski definition) is 6. The number of imide groups is 1. The van der Waals surface area contributed by atoms with Gasteiger partial charge >= 0.3 is 11.2 Å². The fraction of sp³-hybridized carbons (Fsp3) is 0.222. The fourth-order valence-electron chi connectivity index (χ4n) is 1.69. The number of pyridine rings is 1. The predicted octanol–water partition coefficient (Wildman–Crippen LogP) is -0.481. The van der Waals surface area contributed by atoms with Gasteiger partial charge in [-0.3, -0.25) is 24.5 Å². The first kappa shape index (κ1) is 11.8. The van der Waals surface area contributed by atoms with Gasteiger partial charge in [-0.2, -0.15) is 0 Å². The summed E-state index contributed by atoms with van der Waals surface area (Å²) < 4.78 is 0. The molecule has 9 nitrogen and oxygen atoms in total. The molecule has 1 fully saturated rings. The average molecular weight is 252 g/mol. The number of carbonyl (C=O) groups is 2. The van der Waals surface area contributed by atoms with E-state index in [2.05, 4.69) is 0 Å². The maximum Gasteiger partial charge on any atom is 0.336 e. The molecule has 2 rings (SSSR count). The van der Waals surface area contributed by atoms with Gasteiger partial charge in [0.1, 0.15) is 5.82 Å². The zero-order valence-corrected chi connectivity index (χ0v) is 9.00. The lowest BCUT2D eigenvalue weighted by atomic mass is 10.3. The van der Waals surface area contributed by atoms with Gasteiger partial charge in [-0.05, 0) is 0 Å². The maximum atomic E-state index is 11.5. The Morgan fingerprint density at radius 1 is 1.28 bits per heavy atom. The van der Waals surface area contributed by atoms with Crippen LogP contribution in [0.1, 0.15) is 12.8 Å². The Labute approximate surface area is 99.3 Å². The minimum Gasteiger partial charge on any atom is -0.383 e. The number of rotatable bonds is 2. The summed E-state index contributed by atoms with van der Waals surface area (Å²) in [5.74, 6) is -1.27. The van der Waals surface area contributed by atoms with Crippen molar-refractivity contribution in [3.05, 3.63) is 26.5 Å². The number of nitrogens with zero attached hydrogens (tertiary/aromatic N) is 2. The van der Waals surface area contributed by atoms with Crippen molar-refractivity contribution >= 4 is 29.0 Å². The summed E-state index contributed by atoms with van der Waals surface area (Å²) in [6, 6.07) is 0.829. The van der Waals surface area contributed by atoms with Crippen LogP contribution in [0.4, 0.5) is 17.2 Å². The minimum absolute atomic E-state index is 0.0190. The number of carbonyl (C=O) groups excluding carboxylic acids is 2. The highest BCUT2D eigenvalue weighted by atomic mass is 16.6. The van der Waals surface area contributed by atoms with E-state index in [1.54, 1.807) is 0 Å². The van der Waals surface area contributed by atoms with E-state index in [9.17, 15) is 24.5 Å². The summed E-state index contributed by atoms with van der Waals surface area (Å²) in [7, 11) is 0. The molecular formula is C9H8N4O5. The molecule has 2 amide bonds. The first-order valence-corrected chi connectivity index (χ1v) is 4.95. The van der Waals surface area contributed by atoms with E-state index in [0.717, 1.165) is 11.0 Å². The SMILES string of the molecule is Nc1[nH]c(=O)c([N+](=O)[O-])cc1N1C(=O)CCC1=O. The Morgan fingerprint density at radius 3 is 2.33 bits per heavy atom. The van der Waals surface area contributed by atoms with Crippen molar-refractivity contribution in [1.82, 2.24) is 4.98 Å². The summed E-state index contributed by atoms with van der Waals surface area (Å²) in [5, 5.41) is 10.6. The lowest BCUT2D eigenvalue weighted by Crippen LogP contribution is -2.30. The molecule has 0 atom stereocenters. The van der Waals surface area contributed by atoms with Gasteiger partial charge in [0.25, 0.3) is 0 Å². The second-order valence-electron chi connectivity index (χ2n) is 3.66. The summed E-state index contributed by atoms with van der Waals surface area (Å²) in [6.45, 7) is 0. The van der Waals surface area contributed by atoms with E-state index in [0.29, 0.717) is 0 Å². The maximum absolute atomic E-state index is 11.5. The first-order valence-electron chi connectivity index (χ1n) is 4.95. The van der Waals surface area contributed by atoms with Gasteiger partial charge < -0.3 is 10.7 Å². The molecule has 0 spiro atoms. The Balaban J connectivity index is 2.61. The third-order valence-corrected chi connectivity index (χ3v) is 2.52. The Morgan fingerprint density at radius 2 is 1.83 bits per heavy atom. The Bertz CT molecular complexity index is 604. The number of nitrogens with one attached hydrogen (secondary N) is 1. The van der Waals surface area contributed by atoms with Crippen LogP contribution in [0.2, 0.25) is 0 Å². The Kier molecular flexibility index (Phi) is 2.58. The van der Waals surface area contributed by atoms with Gasteiger partial charge in [-0.1, -0.05) is 0 Å². The molecule has 0 radical (unpaired) electrons. The van der Waals surface area contributed by atoms with Crippen molar-refractivity contribution in [3.63, 3.8) is 0 Å². The van der Waals surface area contributed by atoms with Crippen LogP contribution in [0.5, 0.6) is 0 Å². The van der Waals surface area contributed by atoms with Crippen molar-refractivity contribution in [2.45, 2.75) is 12.8 Å². The summed E-state index contributed by atoms with van der Waals surface area (Å²) in [6.07, 6.45) is 0.0381. The lowest BCUT2D eigenvalue weighted by molar-refractivity contribution is -0.386. The molecule has 1 saturated heterocycles. The van der Waals surface area contributed by atoms with Gasteiger partial charge in [0, 0.05) is 18.9 Å². The van der Waals surface area contributed by atoms with Crippen LogP contribution in [0.15, 0.2) is 10.9 Å². The fourth-order valence-corrected chi connectivity index (χ4v) is 1.69. The van der Waals surface area contributed by atoms with Gasteiger partial charge in [-0.15, -0.1) is 0 Å². The van der Waals surface area contributed by atoms with Gasteiger partial charge in [0.2, 0.25) is 11.8 Å². The van der Waals surface area contributed by atoms with Crippen molar-refractivity contribution in [2.24, 2.45) is 0 Å². The van der Waals surface area contributed by atoms with Crippen LogP contribution in [0.3, 0.4) is 0 Å². The third kappa shape index (κ3) is 1.71. The van der Waals surface area contributed by atoms with Crippen LogP contribution in [0.25, 0.3) is 0 Å². The topological polar surface area (TPSA) is 139 Å². The quantitative estimate of drug-likeness (QED) is 0.414. The van der Waals surface area contributed by atoms with Crippen molar-refractivity contribution in [2.75, 3.05) is 10.6 Å². The van der Waals surface area contributed by atoms with E-state index in [1.807, 2.05) is 4.98 Å². The summed E-state index contributed by atoms with van der Waals surface area (Å²) >= 11 is 0. The van der Waals surface area contributed by atoms with Gasteiger partial charge in [0.05, 0.1) is 10.6 Å². The van der Waals surface area contributed by atoms with E-state index >= 15 is 0 Å². The van der Waals surface area contributed by atoms with Crippen molar-refractivity contribution in [3.8, 4) is 0 Å². The monoisotopic (exact) mass is 252 g/mol. The van der Waals surface area contributed by atoms with Crippen LogP contribution in [0, 0.1) is 10.1 Å². The number of H-pyrrole nitrogens is 1. The predicted molar refractivity (Wildman–Crippen MR) is 59.9 cm³/mol. The highest BCUT2D eigenvalue weighted by molar-refractivity contribution is 6.21. The second-order valence-corrected chi connectivity index (χ2v) is 3.66. The zero-order valence-electron chi connectivity index (χ0n) is 9.00. The van der Waals surface area contributed by atoms with Crippen LogP contribution < -0.4 is 16.2 Å². The number of amides is 2. The molecule has 0 aliphatic carbocycles. The molecule has 1 aliphatic heterocycles. The largest absolute Gasteiger partial charge is 0.383 e. The lowest BCUT2D eigenvalue weighted by Gasteiger charge is -2.15. The summed E-state index contributed by atoms with van der Waals surface area (Å²) in [5.41, 5.74) is 3.55. The minimum atomic E-state index is -0.986. The molecule has 3 N–H and O–H groups in total. The van der Waals surface area contributed by atoms with Crippen molar-refractivity contribution < 1.29 is 14.5 Å². The van der Waals surface area contributed by atoms with E-state index in [-0.39, 0.29) is 24.3 Å². The molecule has 94 valence electrons. The number of aromatic amines is 1. The third-order valence-electron chi connectivity index (χ3n) is 2.52. The molecule has 1 aromatic heterocycles. The highest BCUT2D eigenvalue weighted by Gasteiger charge is 2.33. The normalized spacial score (nSPS) is 15.2. The first-order chi connectivity index (χ1) is 8.41. The van der Waals surface area contributed by atoms with Gasteiger partial charge in [0.15, 0.2) is 0 Å². The number of nitrogen functional groups attached to an aromatic ring is 1. The second kappa shape index (κ2) is 3.95. The molecule has 2 heterocycles. The number of hydrogen-bond donors (Lipinski definition) is 2. The molecule has 0 saturated carbocycles. The molecule has 9 heteroatoms. The number of nitrogens with two attached hydrogens (primary N) is 1. The smallest absolute Gasteiger partial charge is 0.336 e. The molecule has 0 bridgehead atoms. The van der Waals surface area contributed by atoms with Gasteiger partial charge in [-0.25, -0.2) is 4.90 Å². The molecule has 0 unspecified atom stereocenters. The average Bonchev–Trinajstić information content (AvgIpc) is 2.59.